The molecule has 0 saturated carbocycles. The van der Waals surface area contributed by atoms with Gasteiger partial charge in [-0.3, -0.25) is 0 Å². The van der Waals surface area contributed by atoms with Gasteiger partial charge in [-0.25, -0.2) is 8.78 Å². The monoisotopic (exact) mass is 234 g/mol. The molecular formula is C10H12F2O2S. The largest absolute Gasteiger partial charge is 0.491 e. The Hall–Kier alpha value is -0.810. The summed E-state index contributed by atoms with van der Waals surface area (Å²) in [5.41, 5.74) is 0. The lowest BCUT2D eigenvalue weighted by Crippen LogP contribution is -2.08. The first kappa shape index (κ1) is 12.3. The highest BCUT2D eigenvalue weighted by atomic mass is 32.1. The first-order valence-corrected chi connectivity index (χ1v) is 5.13. The van der Waals surface area contributed by atoms with Gasteiger partial charge in [0.25, 0.3) is 0 Å². The Labute approximate surface area is 92.6 Å². The van der Waals surface area contributed by atoms with Gasteiger partial charge in [-0.05, 0) is 12.1 Å². The quantitative estimate of drug-likeness (QED) is 0.601. The van der Waals surface area contributed by atoms with E-state index in [-0.39, 0.29) is 0 Å². The topological polar surface area (TPSA) is 18.5 Å². The lowest BCUT2D eigenvalue weighted by atomic mass is 10.3. The van der Waals surface area contributed by atoms with Gasteiger partial charge in [0.15, 0.2) is 11.6 Å². The Kier molecular flexibility index (Phi) is 5.42. The maximum absolute atomic E-state index is 12.7. The average molecular weight is 234 g/mol. The molecule has 0 unspecified atom stereocenters. The highest BCUT2D eigenvalue weighted by Crippen LogP contribution is 2.14. The second kappa shape index (κ2) is 6.63. The SMILES string of the molecule is Fc1ccc(OCCOCCS)cc1F. The maximum Gasteiger partial charge on any atom is 0.162 e. The fourth-order valence-electron chi connectivity index (χ4n) is 0.952. The maximum atomic E-state index is 12.7. The zero-order valence-corrected chi connectivity index (χ0v) is 8.97. The minimum atomic E-state index is -0.913. The Bertz CT molecular complexity index is 307. The van der Waals surface area contributed by atoms with Gasteiger partial charge in [0.05, 0.1) is 13.2 Å². The van der Waals surface area contributed by atoms with Crippen LogP contribution in [0.15, 0.2) is 18.2 Å². The molecule has 1 aromatic carbocycles. The number of ether oxygens (including phenoxy) is 2. The van der Waals surface area contributed by atoms with Crippen LogP contribution in [0.25, 0.3) is 0 Å². The van der Waals surface area contributed by atoms with Gasteiger partial charge < -0.3 is 9.47 Å². The molecule has 0 saturated heterocycles. The number of benzene rings is 1. The first-order valence-electron chi connectivity index (χ1n) is 4.50. The molecule has 0 aliphatic rings. The molecule has 0 radical (unpaired) electrons. The Morgan fingerprint density at radius 2 is 1.87 bits per heavy atom. The smallest absolute Gasteiger partial charge is 0.162 e. The van der Waals surface area contributed by atoms with Crippen molar-refractivity contribution in [2.45, 2.75) is 0 Å². The van der Waals surface area contributed by atoms with Gasteiger partial charge in [0.2, 0.25) is 0 Å². The second-order valence-electron chi connectivity index (χ2n) is 2.76. The van der Waals surface area contributed by atoms with Crippen LogP contribution in [0.1, 0.15) is 0 Å². The summed E-state index contributed by atoms with van der Waals surface area (Å²) in [5.74, 6) is -0.855. The van der Waals surface area contributed by atoms with Gasteiger partial charge in [-0.2, -0.15) is 12.6 Å². The molecule has 1 aromatic rings. The van der Waals surface area contributed by atoms with Crippen molar-refractivity contribution in [1.82, 2.24) is 0 Å². The average Bonchev–Trinajstić information content (AvgIpc) is 2.23. The van der Waals surface area contributed by atoms with Crippen LogP contribution in [-0.4, -0.2) is 25.6 Å². The van der Waals surface area contributed by atoms with E-state index in [4.69, 9.17) is 9.47 Å². The number of rotatable bonds is 6. The van der Waals surface area contributed by atoms with E-state index in [0.717, 1.165) is 12.1 Å². The molecule has 15 heavy (non-hydrogen) atoms. The predicted octanol–water partition coefficient (Wildman–Crippen LogP) is 2.29. The Morgan fingerprint density at radius 3 is 2.53 bits per heavy atom. The summed E-state index contributed by atoms with van der Waals surface area (Å²) in [5, 5.41) is 0. The van der Waals surface area contributed by atoms with Gasteiger partial charge in [-0.15, -0.1) is 0 Å². The van der Waals surface area contributed by atoms with Gasteiger partial charge in [0, 0.05) is 11.8 Å². The number of halogens is 2. The molecule has 84 valence electrons. The van der Waals surface area contributed by atoms with Crippen LogP contribution in [0.3, 0.4) is 0 Å². The summed E-state index contributed by atoms with van der Waals surface area (Å²) in [7, 11) is 0. The molecule has 0 atom stereocenters. The van der Waals surface area contributed by atoms with Crippen LogP contribution in [0.4, 0.5) is 8.78 Å². The van der Waals surface area contributed by atoms with Crippen molar-refractivity contribution in [2.75, 3.05) is 25.6 Å². The van der Waals surface area contributed by atoms with E-state index in [9.17, 15) is 8.78 Å². The molecule has 0 heterocycles. The minimum absolute atomic E-state index is 0.295. The van der Waals surface area contributed by atoms with Crippen LogP contribution in [-0.2, 0) is 4.74 Å². The molecule has 0 spiro atoms. The predicted molar refractivity (Wildman–Crippen MR) is 56.5 cm³/mol. The highest BCUT2D eigenvalue weighted by molar-refractivity contribution is 7.80. The molecular weight excluding hydrogens is 222 g/mol. The highest BCUT2D eigenvalue weighted by Gasteiger charge is 2.02. The van der Waals surface area contributed by atoms with Crippen molar-refractivity contribution >= 4 is 12.6 Å². The third-order valence-electron chi connectivity index (χ3n) is 1.62. The normalized spacial score (nSPS) is 10.3. The first-order chi connectivity index (χ1) is 7.24. The summed E-state index contributed by atoms with van der Waals surface area (Å²) < 4.78 is 35.5. The standard InChI is InChI=1S/C10H12F2O2S/c11-9-2-1-8(7-10(9)12)14-4-3-13-5-6-15/h1-2,7,15H,3-6H2. The molecule has 0 N–H and O–H groups in total. The molecule has 0 bridgehead atoms. The van der Waals surface area contributed by atoms with Crippen LogP contribution in [0, 0.1) is 11.6 Å². The summed E-state index contributed by atoms with van der Waals surface area (Å²) in [6.07, 6.45) is 0. The van der Waals surface area contributed by atoms with E-state index < -0.39 is 11.6 Å². The minimum Gasteiger partial charge on any atom is -0.491 e. The molecule has 1 rings (SSSR count). The molecule has 0 aliphatic heterocycles. The summed E-state index contributed by atoms with van der Waals surface area (Å²) in [4.78, 5) is 0. The molecule has 5 heteroatoms. The van der Waals surface area contributed by atoms with Crippen LogP contribution < -0.4 is 4.74 Å². The Balaban J connectivity index is 2.28. The van der Waals surface area contributed by atoms with Crippen LogP contribution >= 0.6 is 12.6 Å². The molecule has 0 aromatic heterocycles. The van der Waals surface area contributed by atoms with Crippen molar-refractivity contribution in [2.24, 2.45) is 0 Å². The van der Waals surface area contributed by atoms with E-state index >= 15 is 0 Å². The summed E-state index contributed by atoms with van der Waals surface area (Å²) in [6.45, 7) is 1.25. The van der Waals surface area contributed by atoms with Crippen molar-refractivity contribution in [3.63, 3.8) is 0 Å². The van der Waals surface area contributed by atoms with Crippen molar-refractivity contribution in [1.29, 1.82) is 0 Å². The lowest BCUT2D eigenvalue weighted by Gasteiger charge is -2.06. The molecule has 2 nitrogen and oxygen atoms in total. The van der Waals surface area contributed by atoms with Gasteiger partial charge in [0.1, 0.15) is 12.4 Å². The molecule has 0 amide bonds. The molecule has 0 aliphatic carbocycles. The third-order valence-corrected chi connectivity index (χ3v) is 1.81. The van der Waals surface area contributed by atoms with Gasteiger partial charge in [-0.1, -0.05) is 0 Å². The van der Waals surface area contributed by atoms with Crippen molar-refractivity contribution in [3.8, 4) is 5.75 Å². The van der Waals surface area contributed by atoms with E-state index in [1.165, 1.54) is 6.07 Å². The van der Waals surface area contributed by atoms with Gasteiger partial charge >= 0.3 is 0 Å². The van der Waals surface area contributed by atoms with Crippen LogP contribution in [0.2, 0.25) is 0 Å². The molecule has 0 fully saturated rings. The zero-order chi connectivity index (χ0) is 11.1. The van der Waals surface area contributed by atoms with E-state index in [0.29, 0.717) is 31.3 Å². The summed E-state index contributed by atoms with van der Waals surface area (Å²) >= 11 is 3.96. The Morgan fingerprint density at radius 1 is 1.07 bits per heavy atom. The fourth-order valence-corrected chi connectivity index (χ4v) is 1.08. The van der Waals surface area contributed by atoms with Crippen molar-refractivity contribution in [3.05, 3.63) is 29.8 Å². The van der Waals surface area contributed by atoms with Crippen molar-refractivity contribution < 1.29 is 18.3 Å². The number of thiol groups is 1. The number of hydrogen-bond donors (Lipinski definition) is 1. The third kappa shape index (κ3) is 4.48. The van der Waals surface area contributed by atoms with E-state index in [1.807, 2.05) is 0 Å². The fraction of sp³-hybridized carbons (Fsp3) is 0.400. The summed E-state index contributed by atoms with van der Waals surface area (Å²) in [6, 6.07) is 3.41. The van der Waals surface area contributed by atoms with E-state index in [2.05, 4.69) is 12.6 Å². The zero-order valence-electron chi connectivity index (χ0n) is 8.08. The lowest BCUT2D eigenvalue weighted by molar-refractivity contribution is 0.112. The number of hydrogen-bond acceptors (Lipinski definition) is 3. The second-order valence-corrected chi connectivity index (χ2v) is 3.21. The van der Waals surface area contributed by atoms with E-state index in [1.54, 1.807) is 0 Å². The van der Waals surface area contributed by atoms with Crippen LogP contribution in [0.5, 0.6) is 5.75 Å².